The van der Waals surface area contributed by atoms with Gasteiger partial charge in [0.05, 0.1) is 28.7 Å². The number of sulfone groups is 1. The van der Waals surface area contributed by atoms with Gasteiger partial charge in [0.1, 0.15) is 13.2 Å². The van der Waals surface area contributed by atoms with Crippen LogP contribution in [0.5, 0.6) is 11.5 Å². The second kappa shape index (κ2) is 8.07. The lowest BCUT2D eigenvalue weighted by atomic mass is 10.2. The molecule has 0 saturated carbocycles. The minimum absolute atomic E-state index is 0.0465. The van der Waals surface area contributed by atoms with Gasteiger partial charge in [0, 0.05) is 19.2 Å². The normalized spacial score (nSPS) is 16.4. The number of ether oxygens (including phenoxy) is 3. The number of aromatic nitrogens is 1. The molecule has 5 rings (SSSR count). The zero-order chi connectivity index (χ0) is 21.4. The highest BCUT2D eigenvalue weighted by atomic mass is 35.5. The summed E-state index contributed by atoms with van der Waals surface area (Å²) in [7, 11) is -4.02. The number of fused-ring (bicyclic) bond motifs is 1. The van der Waals surface area contributed by atoms with Crippen LogP contribution < -0.4 is 14.4 Å². The number of benzene rings is 2. The number of hydrogen-bond donors (Lipinski definition) is 0. The molecule has 1 saturated heterocycles. The molecule has 0 amide bonds. The van der Waals surface area contributed by atoms with Crippen molar-refractivity contribution in [2.24, 2.45) is 0 Å². The molecule has 3 aromatic rings. The minimum atomic E-state index is -4.02. The average molecular weight is 463 g/mol. The Morgan fingerprint density at radius 2 is 1.68 bits per heavy atom. The van der Waals surface area contributed by atoms with E-state index in [1.54, 1.807) is 30.3 Å². The summed E-state index contributed by atoms with van der Waals surface area (Å²) in [5.41, 5.74) is 0.516. The van der Waals surface area contributed by atoms with Crippen molar-refractivity contribution in [3.05, 3.63) is 47.5 Å². The fraction of sp³-hybridized carbons (Fsp3) is 0.286. The Morgan fingerprint density at radius 1 is 0.935 bits per heavy atom. The van der Waals surface area contributed by atoms with Gasteiger partial charge in [-0.2, -0.15) is 4.98 Å². The third-order valence-electron chi connectivity index (χ3n) is 5.06. The van der Waals surface area contributed by atoms with Gasteiger partial charge in [0.2, 0.25) is 26.6 Å². The van der Waals surface area contributed by atoms with Gasteiger partial charge < -0.3 is 23.5 Å². The molecule has 1 aromatic heterocycles. The van der Waals surface area contributed by atoms with Crippen LogP contribution in [0.4, 0.5) is 5.88 Å². The van der Waals surface area contributed by atoms with Crippen molar-refractivity contribution >= 4 is 27.3 Å². The number of halogens is 1. The molecule has 162 valence electrons. The van der Waals surface area contributed by atoms with Crippen molar-refractivity contribution in [1.29, 1.82) is 0 Å². The van der Waals surface area contributed by atoms with Gasteiger partial charge in [-0.3, -0.25) is 0 Å². The first-order valence-corrected chi connectivity index (χ1v) is 11.6. The molecule has 0 atom stereocenters. The summed E-state index contributed by atoms with van der Waals surface area (Å²) in [4.78, 5) is 6.25. The van der Waals surface area contributed by atoms with Gasteiger partial charge in [0.15, 0.2) is 11.5 Å². The molecule has 1 fully saturated rings. The van der Waals surface area contributed by atoms with E-state index in [-0.39, 0.29) is 21.7 Å². The van der Waals surface area contributed by atoms with E-state index in [1.807, 2.05) is 4.90 Å². The second-order valence-corrected chi connectivity index (χ2v) is 9.29. The first-order chi connectivity index (χ1) is 15.0. The van der Waals surface area contributed by atoms with E-state index in [0.29, 0.717) is 61.6 Å². The SMILES string of the molecule is O=S(=O)(c1ccc2c(c1)OCCO2)c1nc(-c2ccccc2Cl)oc1N1CCOCC1. The lowest BCUT2D eigenvalue weighted by Gasteiger charge is -2.26. The van der Waals surface area contributed by atoms with Crippen LogP contribution in [0.2, 0.25) is 5.02 Å². The molecule has 0 bridgehead atoms. The number of hydrogen-bond acceptors (Lipinski definition) is 8. The van der Waals surface area contributed by atoms with E-state index in [9.17, 15) is 8.42 Å². The molecule has 2 aromatic carbocycles. The molecular weight excluding hydrogens is 444 g/mol. The minimum Gasteiger partial charge on any atom is -0.486 e. The highest BCUT2D eigenvalue weighted by molar-refractivity contribution is 7.91. The maximum Gasteiger partial charge on any atom is 0.236 e. The Hall–Kier alpha value is -2.75. The van der Waals surface area contributed by atoms with Gasteiger partial charge in [0.25, 0.3) is 0 Å². The molecule has 0 N–H and O–H groups in total. The monoisotopic (exact) mass is 462 g/mol. The smallest absolute Gasteiger partial charge is 0.236 e. The predicted octanol–water partition coefficient (Wildman–Crippen LogP) is 3.44. The summed E-state index contributed by atoms with van der Waals surface area (Å²) >= 11 is 6.30. The van der Waals surface area contributed by atoms with E-state index in [4.69, 9.17) is 30.2 Å². The predicted molar refractivity (Wildman–Crippen MR) is 113 cm³/mol. The van der Waals surface area contributed by atoms with E-state index >= 15 is 0 Å². The number of morpholine rings is 1. The zero-order valence-corrected chi connectivity index (χ0v) is 18.0. The van der Waals surface area contributed by atoms with E-state index in [1.165, 1.54) is 12.1 Å². The van der Waals surface area contributed by atoms with E-state index in [0.717, 1.165) is 0 Å². The van der Waals surface area contributed by atoms with Crippen molar-refractivity contribution in [2.45, 2.75) is 9.92 Å². The molecule has 31 heavy (non-hydrogen) atoms. The van der Waals surface area contributed by atoms with Crippen molar-refractivity contribution in [1.82, 2.24) is 4.98 Å². The molecule has 3 heterocycles. The number of rotatable bonds is 4. The molecule has 0 unspecified atom stereocenters. The molecule has 2 aliphatic heterocycles. The zero-order valence-electron chi connectivity index (χ0n) is 16.4. The standard InChI is InChI=1S/C21H19ClN2O6S/c22-16-4-2-1-3-15(16)19-23-20(21(30-19)24-7-9-27-10-8-24)31(25,26)14-5-6-17-18(13-14)29-12-11-28-17/h1-6,13H,7-12H2. The van der Waals surface area contributed by atoms with Crippen LogP contribution in [-0.2, 0) is 14.6 Å². The van der Waals surface area contributed by atoms with Crippen molar-refractivity contribution in [3.8, 4) is 23.0 Å². The van der Waals surface area contributed by atoms with E-state index in [2.05, 4.69) is 4.98 Å². The quantitative estimate of drug-likeness (QED) is 0.582. The average Bonchev–Trinajstić information content (AvgIpc) is 3.26. The fourth-order valence-electron chi connectivity index (χ4n) is 3.49. The maximum atomic E-state index is 13.6. The van der Waals surface area contributed by atoms with Gasteiger partial charge in [-0.15, -0.1) is 0 Å². The maximum absolute atomic E-state index is 13.6. The molecule has 2 aliphatic rings. The Morgan fingerprint density at radius 3 is 2.45 bits per heavy atom. The summed E-state index contributed by atoms with van der Waals surface area (Å²) in [6.07, 6.45) is 0. The Labute approximate surface area is 184 Å². The third-order valence-corrected chi connectivity index (χ3v) is 7.04. The topological polar surface area (TPSA) is 91.1 Å². The highest BCUT2D eigenvalue weighted by Gasteiger charge is 2.33. The van der Waals surface area contributed by atoms with Crippen LogP contribution in [0.1, 0.15) is 0 Å². The molecule has 8 nitrogen and oxygen atoms in total. The Kier molecular flexibility index (Phi) is 5.25. The van der Waals surface area contributed by atoms with Gasteiger partial charge in [-0.05, 0) is 24.3 Å². The number of anilines is 1. The number of oxazole rings is 1. The van der Waals surface area contributed by atoms with E-state index < -0.39 is 9.84 Å². The molecular formula is C21H19ClN2O6S. The molecule has 0 aliphatic carbocycles. The van der Waals surface area contributed by atoms with Crippen LogP contribution in [0.25, 0.3) is 11.5 Å². The number of nitrogens with zero attached hydrogens (tertiary/aromatic N) is 2. The largest absolute Gasteiger partial charge is 0.486 e. The van der Waals surface area contributed by atoms with Gasteiger partial charge in [-0.25, -0.2) is 8.42 Å². The summed E-state index contributed by atoms with van der Waals surface area (Å²) in [6.45, 7) is 2.68. The fourth-order valence-corrected chi connectivity index (χ4v) is 5.04. The van der Waals surface area contributed by atoms with Gasteiger partial charge in [-0.1, -0.05) is 23.7 Å². The first-order valence-electron chi connectivity index (χ1n) is 9.77. The Bertz CT molecular complexity index is 1220. The van der Waals surface area contributed by atoms with Crippen molar-refractivity contribution in [3.63, 3.8) is 0 Å². The molecule has 10 heteroatoms. The summed E-state index contributed by atoms with van der Waals surface area (Å²) in [5.74, 6) is 1.21. The summed E-state index contributed by atoms with van der Waals surface area (Å²) in [6, 6.07) is 11.5. The Balaban J connectivity index is 1.63. The van der Waals surface area contributed by atoms with Crippen molar-refractivity contribution in [2.75, 3.05) is 44.4 Å². The summed E-state index contributed by atoms with van der Waals surface area (Å²) in [5, 5.41) is 0.251. The summed E-state index contributed by atoms with van der Waals surface area (Å²) < 4.78 is 49.6. The van der Waals surface area contributed by atoms with Crippen LogP contribution in [0.3, 0.4) is 0 Å². The molecule has 0 spiro atoms. The van der Waals surface area contributed by atoms with Crippen LogP contribution in [0, 0.1) is 0 Å². The second-order valence-electron chi connectivity index (χ2n) is 7.02. The van der Waals surface area contributed by atoms with Crippen molar-refractivity contribution < 1.29 is 27.0 Å². The lowest BCUT2D eigenvalue weighted by Crippen LogP contribution is -2.36. The highest BCUT2D eigenvalue weighted by Crippen LogP contribution is 2.39. The van der Waals surface area contributed by atoms with Gasteiger partial charge >= 0.3 is 0 Å². The lowest BCUT2D eigenvalue weighted by molar-refractivity contribution is 0.120. The first kappa shape index (κ1) is 20.2. The van der Waals surface area contributed by atoms with Crippen LogP contribution in [-0.4, -0.2) is 52.9 Å². The molecule has 0 radical (unpaired) electrons. The van der Waals surface area contributed by atoms with Crippen LogP contribution >= 0.6 is 11.6 Å². The van der Waals surface area contributed by atoms with Crippen LogP contribution in [0.15, 0.2) is 56.8 Å². The third kappa shape index (κ3) is 3.73.